The van der Waals surface area contributed by atoms with Gasteiger partial charge in [-0.05, 0) is 60.9 Å². The van der Waals surface area contributed by atoms with E-state index in [-0.39, 0.29) is 42.2 Å². The molecule has 188 valence electrons. The van der Waals surface area contributed by atoms with Crippen molar-refractivity contribution in [3.63, 3.8) is 0 Å². The number of aliphatic hydroxyl groups is 1. The highest BCUT2D eigenvalue weighted by Crippen LogP contribution is 2.48. The summed E-state index contributed by atoms with van der Waals surface area (Å²) in [5.41, 5.74) is 7.65. The third kappa shape index (κ3) is 4.44. The Labute approximate surface area is 211 Å². The first kappa shape index (κ1) is 24.3. The number of aryl methyl sites for hydroxylation is 1. The maximum Gasteiger partial charge on any atom is 0.323 e. The monoisotopic (exact) mass is 512 g/mol. The number of aromatic nitrogens is 1. The van der Waals surface area contributed by atoms with Crippen LogP contribution in [0.3, 0.4) is 0 Å². The van der Waals surface area contributed by atoms with Crippen LogP contribution < -0.4 is 11.1 Å². The number of benzene rings is 2. The van der Waals surface area contributed by atoms with Gasteiger partial charge in [0.25, 0.3) is 0 Å². The number of piperidine rings is 1. The minimum atomic E-state index is -0.694. The van der Waals surface area contributed by atoms with Gasteiger partial charge in [-0.25, -0.2) is 14.0 Å². The van der Waals surface area contributed by atoms with Crippen molar-refractivity contribution in [2.45, 2.75) is 44.2 Å². The molecule has 1 aromatic heterocycles. The lowest BCUT2D eigenvalue weighted by Gasteiger charge is -2.27. The molecule has 1 saturated heterocycles. The van der Waals surface area contributed by atoms with Crippen LogP contribution in [0.4, 0.5) is 19.7 Å². The van der Waals surface area contributed by atoms with Gasteiger partial charge >= 0.3 is 12.1 Å². The van der Waals surface area contributed by atoms with Gasteiger partial charge in [-0.1, -0.05) is 29.8 Å². The van der Waals surface area contributed by atoms with E-state index in [1.807, 2.05) is 0 Å². The number of hydrogen-bond acceptors (Lipinski definition) is 4. The van der Waals surface area contributed by atoms with Crippen molar-refractivity contribution in [1.29, 1.82) is 0 Å². The van der Waals surface area contributed by atoms with Gasteiger partial charge in [0.15, 0.2) is 5.78 Å². The molecule has 36 heavy (non-hydrogen) atoms. The molecule has 1 aliphatic carbocycles. The van der Waals surface area contributed by atoms with Crippen molar-refractivity contribution in [1.82, 2.24) is 9.47 Å². The van der Waals surface area contributed by atoms with Gasteiger partial charge in [0.1, 0.15) is 5.82 Å². The molecule has 0 unspecified atom stereocenters. The van der Waals surface area contributed by atoms with Crippen molar-refractivity contribution in [3.05, 3.63) is 64.6 Å². The highest BCUT2D eigenvalue weighted by molar-refractivity contribution is 6.30. The second kappa shape index (κ2) is 9.55. The Morgan fingerprint density at radius 3 is 2.72 bits per heavy atom. The highest BCUT2D eigenvalue weighted by atomic mass is 35.5. The average Bonchev–Trinajstić information content (AvgIpc) is 3.36. The number of hydrogen-bond donors (Lipinski definition) is 3. The largest absolute Gasteiger partial charge is 0.396 e. The Hall–Kier alpha value is -3.43. The number of primary amides is 1. The molecule has 5 rings (SSSR count). The number of urea groups is 1. The first-order chi connectivity index (χ1) is 17.3. The number of carbonyl (C=O) groups is 3. The third-order valence-corrected chi connectivity index (χ3v) is 7.42. The summed E-state index contributed by atoms with van der Waals surface area (Å²) in [5, 5.41) is 12.8. The number of anilines is 1. The van der Waals surface area contributed by atoms with Crippen LogP contribution in [0, 0.1) is 11.7 Å². The summed E-state index contributed by atoms with van der Waals surface area (Å²) in [7, 11) is 0. The second-order valence-electron chi connectivity index (χ2n) is 9.41. The third-order valence-electron chi connectivity index (χ3n) is 7.13. The number of nitrogens with two attached hydrogens (primary N) is 1. The molecule has 4 N–H and O–H groups in total. The van der Waals surface area contributed by atoms with Crippen molar-refractivity contribution in [2.75, 3.05) is 11.9 Å². The number of ketones is 1. The van der Waals surface area contributed by atoms with E-state index in [1.165, 1.54) is 16.8 Å². The summed E-state index contributed by atoms with van der Waals surface area (Å²) in [6.45, 7) is -0.0382. The van der Waals surface area contributed by atoms with Gasteiger partial charge < -0.3 is 21.1 Å². The number of likely N-dealkylation sites (tertiary alicyclic amines) is 1. The van der Waals surface area contributed by atoms with E-state index in [4.69, 9.17) is 17.3 Å². The van der Waals surface area contributed by atoms with E-state index in [0.29, 0.717) is 35.0 Å². The maximum absolute atomic E-state index is 14.2. The number of nitrogens with zero attached hydrogens (tertiary/aromatic N) is 2. The molecule has 2 aromatic carbocycles. The molecular formula is C26H26ClFN4O4. The number of fused-ring (bicyclic) bond motifs is 2. The summed E-state index contributed by atoms with van der Waals surface area (Å²) in [6.07, 6.45) is 3.60. The van der Waals surface area contributed by atoms with Gasteiger partial charge in [0, 0.05) is 30.7 Å². The molecule has 3 atom stereocenters. The Kier molecular flexibility index (Phi) is 6.44. The quantitative estimate of drug-likeness (QED) is 0.442. The Morgan fingerprint density at radius 1 is 1.17 bits per heavy atom. The van der Waals surface area contributed by atoms with Crippen LogP contribution >= 0.6 is 11.6 Å². The fourth-order valence-corrected chi connectivity index (χ4v) is 5.42. The molecule has 0 spiro atoms. The van der Waals surface area contributed by atoms with Gasteiger partial charge in [-0.3, -0.25) is 9.36 Å². The minimum Gasteiger partial charge on any atom is -0.396 e. The number of amides is 3. The van der Waals surface area contributed by atoms with E-state index in [0.717, 1.165) is 12.0 Å². The smallest absolute Gasteiger partial charge is 0.323 e. The summed E-state index contributed by atoms with van der Waals surface area (Å²) < 4.78 is 15.5. The first-order valence-electron chi connectivity index (χ1n) is 11.9. The van der Waals surface area contributed by atoms with Crippen LogP contribution in [0.25, 0.3) is 10.9 Å². The topological polar surface area (TPSA) is 118 Å². The Morgan fingerprint density at radius 2 is 1.97 bits per heavy atom. The molecular weight excluding hydrogens is 487 g/mol. The normalized spacial score (nSPS) is 20.4. The van der Waals surface area contributed by atoms with Crippen molar-refractivity contribution < 1.29 is 23.9 Å². The summed E-state index contributed by atoms with van der Waals surface area (Å²) >= 11 is 5.85. The number of rotatable bonds is 7. The minimum absolute atomic E-state index is 0.0142. The summed E-state index contributed by atoms with van der Waals surface area (Å²) in [5.74, 6) is -0.375. The lowest BCUT2D eigenvalue weighted by molar-refractivity contribution is -0.123. The van der Waals surface area contributed by atoms with Crippen molar-refractivity contribution >= 4 is 46.0 Å². The predicted molar refractivity (Wildman–Crippen MR) is 134 cm³/mol. The number of nitrogens with one attached hydrogen (secondary N) is 1. The SMILES string of the molecule is NC(=O)n1cc(NC(=O)N2[C@@H]3C[C@@H]3C[C@H]2C(=O)CCc2cccc(Cl)c2F)c2cc(CCO)ccc21. The molecule has 10 heteroatoms. The molecule has 0 radical (unpaired) electrons. The van der Waals surface area contributed by atoms with E-state index in [1.54, 1.807) is 35.2 Å². The van der Waals surface area contributed by atoms with E-state index in [9.17, 15) is 23.9 Å². The number of carbonyl (C=O) groups excluding carboxylic acids is 3. The molecule has 8 nitrogen and oxygen atoms in total. The summed E-state index contributed by atoms with van der Waals surface area (Å²) in [4.78, 5) is 40.0. The van der Waals surface area contributed by atoms with E-state index in [2.05, 4.69) is 5.32 Å². The summed E-state index contributed by atoms with van der Waals surface area (Å²) in [6, 6.07) is 8.28. The zero-order chi connectivity index (χ0) is 25.6. The lowest BCUT2D eigenvalue weighted by Crippen LogP contribution is -2.45. The van der Waals surface area contributed by atoms with Gasteiger partial charge in [0.05, 0.1) is 22.3 Å². The van der Waals surface area contributed by atoms with Crippen molar-refractivity contribution in [3.8, 4) is 0 Å². The molecule has 1 saturated carbocycles. The molecule has 2 fully saturated rings. The van der Waals surface area contributed by atoms with Crippen LogP contribution in [0.2, 0.25) is 5.02 Å². The van der Waals surface area contributed by atoms with Gasteiger partial charge in [-0.2, -0.15) is 0 Å². The fraction of sp³-hybridized carbons (Fsp3) is 0.346. The van der Waals surface area contributed by atoms with Crippen LogP contribution in [0.5, 0.6) is 0 Å². The van der Waals surface area contributed by atoms with Gasteiger partial charge in [-0.15, -0.1) is 0 Å². The van der Waals surface area contributed by atoms with E-state index >= 15 is 0 Å². The standard InChI is InChI=1S/C26H26ClFN4O4/c27-18-3-1-2-15(24(18)28)5-7-23(34)22-12-16-11-21(16)32(22)26(36)30-19-13-31(25(29)35)20-6-4-14(8-9-33)10-17(19)20/h1-4,6,10,13,16,21-22,33H,5,7-9,11-12H2,(H2,29,35)(H,30,36)/t16-,21-,22+/m1/s1. The molecule has 1 aliphatic heterocycles. The molecule has 3 amide bonds. The lowest BCUT2D eigenvalue weighted by atomic mass is 10.00. The van der Waals surface area contributed by atoms with Crippen LogP contribution in [0.15, 0.2) is 42.6 Å². The molecule has 2 heterocycles. The number of aliphatic hydroxyl groups excluding tert-OH is 1. The zero-order valence-corrected chi connectivity index (χ0v) is 20.2. The van der Waals surface area contributed by atoms with Crippen LogP contribution in [-0.2, 0) is 17.6 Å². The van der Waals surface area contributed by atoms with Crippen molar-refractivity contribution in [2.24, 2.45) is 11.7 Å². The predicted octanol–water partition coefficient (Wildman–Crippen LogP) is 4.09. The Bertz CT molecular complexity index is 1370. The van der Waals surface area contributed by atoms with Crippen LogP contribution in [0.1, 0.15) is 30.4 Å². The highest BCUT2D eigenvalue weighted by Gasteiger charge is 2.55. The van der Waals surface area contributed by atoms with E-state index < -0.39 is 23.9 Å². The number of halogens is 2. The fourth-order valence-electron chi connectivity index (χ4n) is 5.23. The first-order valence-corrected chi connectivity index (χ1v) is 12.3. The van der Waals surface area contributed by atoms with Gasteiger partial charge in [0.2, 0.25) is 0 Å². The van der Waals surface area contributed by atoms with Crippen LogP contribution in [-0.4, -0.2) is 51.1 Å². The zero-order valence-electron chi connectivity index (χ0n) is 19.4. The molecule has 3 aromatic rings. The molecule has 2 aliphatic rings. The molecule has 0 bridgehead atoms. The average molecular weight is 513 g/mol. The maximum atomic E-state index is 14.2. The second-order valence-corrected chi connectivity index (χ2v) is 9.81. The Balaban J connectivity index is 1.35. The number of Topliss-reactive ketones (excluding diaryl/α,β-unsaturated/α-hetero) is 1.